The number of carbonyl (C=O) groups excluding carboxylic acids is 1. The lowest BCUT2D eigenvalue weighted by molar-refractivity contribution is 0.0808. The molecule has 0 aliphatic heterocycles. The number of rotatable bonds is 7. The van der Waals surface area contributed by atoms with Gasteiger partial charge in [0.2, 0.25) is 11.7 Å². The smallest absolute Gasteiger partial charge is 0.271 e. The molecule has 0 amide bonds. The van der Waals surface area contributed by atoms with Gasteiger partial charge in [0.25, 0.3) is 5.56 Å². The minimum absolute atomic E-state index is 0.0164. The lowest BCUT2D eigenvalue weighted by Gasteiger charge is -2.19. The molecule has 0 spiro atoms. The quantitative estimate of drug-likeness (QED) is 0.590. The Morgan fingerprint density at radius 3 is 2.35 bits per heavy atom. The maximum absolute atomic E-state index is 13.2. The number of para-hydroxylation sites is 2. The van der Waals surface area contributed by atoms with Crippen LogP contribution in [0.25, 0.3) is 0 Å². The van der Waals surface area contributed by atoms with Gasteiger partial charge in [-0.25, -0.2) is 0 Å². The van der Waals surface area contributed by atoms with Crippen molar-refractivity contribution in [1.82, 2.24) is 4.57 Å². The molecule has 0 bridgehead atoms. The average molecular weight is 418 g/mol. The van der Waals surface area contributed by atoms with Gasteiger partial charge < -0.3 is 14.6 Å². The summed E-state index contributed by atoms with van der Waals surface area (Å²) in [6.45, 7) is 3.02. The standard InChI is InChI=1S/C24H22N2O5/c1-15-18(13-25)23(28)26(14-17-9-5-4-6-10-17)24(29)21(15)22(27)16(2)31-20-12-8-7-11-19(20)30-3/h4-12,16,29H,14H2,1-3H3. The number of Topliss-reactive ketones (excluding diaryl/α,β-unsaturated/α-hetero) is 1. The van der Waals surface area contributed by atoms with Crippen molar-refractivity contribution in [3.63, 3.8) is 0 Å². The number of nitriles is 1. The van der Waals surface area contributed by atoms with Crippen molar-refractivity contribution in [2.75, 3.05) is 7.11 Å². The van der Waals surface area contributed by atoms with Gasteiger partial charge in [-0.2, -0.15) is 5.26 Å². The van der Waals surface area contributed by atoms with Gasteiger partial charge in [0, 0.05) is 0 Å². The monoisotopic (exact) mass is 418 g/mol. The zero-order valence-corrected chi connectivity index (χ0v) is 17.5. The second kappa shape index (κ2) is 9.18. The van der Waals surface area contributed by atoms with Crippen LogP contribution in [0.3, 0.4) is 0 Å². The number of ketones is 1. The van der Waals surface area contributed by atoms with Gasteiger partial charge in [0.05, 0.1) is 19.2 Å². The molecule has 0 aliphatic rings. The van der Waals surface area contributed by atoms with E-state index in [4.69, 9.17) is 9.47 Å². The van der Waals surface area contributed by atoms with Crippen LogP contribution in [0.2, 0.25) is 0 Å². The molecule has 1 aromatic heterocycles. The number of benzene rings is 2. The van der Waals surface area contributed by atoms with E-state index in [9.17, 15) is 20.0 Å². The number of carbonyl (C=O) groups is 1. The summed E-state index contributed by atoms with van der Waals surface area (Å²) >= 11 is 0. The molecule has 3 aromatic rings. The zero-order valence-electron chi connectivity index (χ0n) is 17.5. The van der Waals surface area contributed by atoms with Crippen LogP contribution in [0.1, 0.15) is 34.0 Å². The van der Waals surface area contributed by atoms with Crippen molar-refractivity contribution in [1.29, 1.82) is 5.26 Å². The Balaban J connectivity index is 2.05. The van der Waals surface area contributed by atoms with Gasteiger partial charge in [0.1, 0.15) is 11.6 Å². The molecule has 31 heavy (non-hydrogen) atoms. The summed E-state index contributed by atoms with van der Waals surface area (Å²) in [6, 6.07) is 17.7. The Morgan fingerprint density at radius 1 is 1.13 bits per heavy atom. The van der Waals surface area contributed by atoms with Crippen LogP contribution >= 0.6 is 0 Å². The molecule has 7 nitrogen and oxygen atoms in total. The first-order valence-electron chi connectivity index (χ1n) is 9.63. The summed E-state index contributed by atoms with van der Waals surface area (Å²) in [5.74, 6) is -0.235. The molecule has 1 atom stereocenters. The van der Waals surface area contributed by atoms with E-state index in [2.05, 4.69) is 0 Å². The molecule has 158 valence electrons. The molecule has 0 radical (unpaired) electrons. The van der Waals surface area contributed by atoms with Crippen molar-refractivity contribution in [3.05, 3.63) is 87.2 Å². The minimum atomic E-state index is -1.00. The third-order valence-electron chi connectivity index (χ3n) is 4.97. The molecule has 0 fully saturated rings. The second-order valence-corrected chi connectivity index (χ2v) is 6.96. The van der Waals surface area contributed by atoms with Crippen molar-refractivity contribution >= 4 is 5.78 Å². The van der Waals surface area contributed by atoms with Gasteiger partial charge in [-0.1, -0.05) is 42.5 Å². The molecule has 0 saturated heterocycles. The molecule has 3 rings (SSSR count). The zero-order chi connectivity index (χ0) is 22.5. The minimum Gasteiger partial charge on any atom is -0.494 e. The predicted molar refractivity (Wildman–Crippen MR) is 115 cm³/mol. The third-order valence-corrected chi connectivity index (χ3v) is 4.97. The SMILES string of the molecule is COc1ccccc1OC(C)C(=O)c1c(C)c(C#N)c(=O)n(Cc2ccccc2)c1O. The lowest BCUT2D eigenvalue weighted by atomic mass is 9.99. The van der Waals surface area contributed by atoms with Gasteiger partial charge >= 0.3 is 0 Å². The molecular weight excluding hydrogens is 396 g/mol. The Labute approximate surface area is 179 Å². The number of nitrogens with zero attached hydrogens (tertiary/aromatic N) is 2. The predicted octanol–water partition coefficient (Wildman–Crippen LogP) is 3.44. The van der Waals surface area contributed by atoms with Gasteiger partial charge in [-0.05, 0) is 37.1 Å². The largest absolute Gasteiger partial charge is 0.494 e. The van der Waals surface area contributed by atoms with Crippen LogP contribution < -0.4 is 15.0 Å². The normalized spacial score (nSPS) is 11.4. The summed E-state index contributed by atoms with van der Waals surface area (Å²) in [5, 5.41) is 20.4. The van der Waals surface area contributed by atoms with E-state index >= 15 is 0 Å². The average Bonchev–Trinajstić information content (AvgIpc) is 2.78. The fourth-order valence-electron chi connectivity index (χ4n) is 3.32. The van der Waals surface area contributed by atoms with Crippen LogP contribution in [0.15, 0.2) is 59.4 Å². The van der Waals surface area contributed by atoms with Crippen LogP contribution in [-0.2, 0) is 6.54 Å². The molecule has 2 aromatic carbocycles. The van der Waals surface area contributed by atoms with Crippen LogP contribution in [0.5, 0.6) is 17.4 Å². The molecule has 1 N–H and O–H groups in total. The summed E-state index contributed by atoms with van der Waals surface area (Å²) in [7, 11) is 1.49. The number of hydrogen-bond acceptors (Lipinski definition) is 6. The molecule has 1 unspecified atom stereocenters. The van der Waals surface area contributed by atoms with Crippen LogP contribution in [-0.4, -0.2) is 28.7 Å². The van der Waals surface area contributed by atoms with Crippen molar-refractivity contribution in [2.45, 2.75) is 26.5 Å². The van der Waals surface area contributed by atoms with Gasteiger partial charge in [-0.3, -0.25) is 14.2 Å². The fourth-order valence-corrected chi connectivity index (χ4v) is 3.32. The molecule has 0 saturated carbocycles. The Bertz CT molecular complexity index is 1210. The molecule has 1 heterocycles. The summed E-state index contributed by atoms with van der Waals surface area (Å²) in [4.78, 5) is 26.0. The first-order valence-corrected chi connectivity index (χ1v) is 9.63. The summed E-state index contributed by atoms with van der Waals surface area (Å²) in [6.07, 6.45) is -1.00. The van der Waals surface area contributed by atoms with Crippen LogP contribution in [0, 0.1) is 18.3 Å². The Hall–Kier alpha value is -4.05. The number of aromatic hydroxyl groups is 1. The van der Waals surface area contributed by atoms with E-state index in [-0.39, 0.29) is 23.2 Å². The first-order chi connectivity index (χ1) is 14.9. The van der Waals surface area contributed by atoms with Gasteiger partial charge in [0.15, 0.2) is 17.6 Å². The number of hydrogen-bond donors (Lipinski definition) is 1. The highest BCUT2D eigenvalue weighted by Crippen LogP contribution is 2.29. The topological polar surface area (TPSA) is 102 Å². The highest BCUT2D eigenvalue weighted by atomic mass is 16.5. The molecular formula is C24H22N2O5. The Kier molecular flexibility index (Phi) is 6.41. The van der Waals surface area contributed by atoms with E-state index in [0.29, 0.717) is 11.5 Å². The highest BCUT2D eigenvalue weighted by molar-refractivity contribution is 6.03. The van der Waals surface area contributed by atoms with Crippen LogP contribution in [0.4, 0.5) is 0 Å². The number of ether oxygens (including phenoxy) is 2. The second-order valence-electron chi connectivity index (χ2n) is 6.96. The van der Waals surface area contributed by atoms with E-state index < -0.39 is 23.3 Å². The van der Waals surface area contributed by atoms with E-state index in [0.717, 1.165) is 10.1 Å². The van der Waals surface area contributed by atoms with E-state index in [1.165, 1.54) is 21.0 Å². The van der Waals surface area contributed by atoms with Crippen molar-refractivity contribution in [2.24, 2.45) is 0 Å². The number of pyridine rings is 1. The highest BCUT2D eigenvalue weighted by Gasteiger charge is 2.28. The van der Waals surface area contributed by atoms with E-state index in [1.807, 2.05) is 12.1 Å². The van der Waals surface area contributed by atoms with Crippen molar-refractivity contribution in [3.8, 4) is 23.4 Å². The molecule has 0 aliphatic carbocycles. The molecule has 7 heteroatoms. The number of aromatic nitrogens is 1. The van der Waals surface area contributed by atoms with Crippen molar-refractivity contribution < 1.29 is 19.4 Å². The maximum atomic E-state index is 13.2. The first kappa shape index (κ1) is 21.7. The van der Waals surface area contributed by atoms with Gasteiger partial charge in [-0.15, -0.1) is 0 Å². The lowest BCUT2D eigenvalue weighted by Crippen LogP contribution is -2.31. The summed E-state index contributed by atoms with van der Waals surface area (Å²) < 4.78 is 12.0. The third kappa shape index (κ3) is 4.28. The fraction of sp³-hybridized carbons (Fsp3) is 0.208. The van der Waals surface area contributed by atoms with E-state index in [1.54, 1.807) is 48.5 Å². The Morgan fingerprint density at radius 2 is 1.74 bits per heavy atom. The summed E-state index contributed by atoms with van der Waals surface area (Å²) in [5.41, 5.74) is -0.105. The maximum Gasteiger partial charge on any atom is 0.271 e. The number of methoxy groups -OCH3 is 1.